The largest absolute Gasteiger partial charge is 0.337 e. The van der Waals surface area contributed by atoms with Crippen LogP contribution in [0, 0.1) is 0 Å². The second-order valence-corrected chi connectivity index (χ2v) is 6.96. The van der Waals surface area contributed by atoms with Crippen LogP contribution in [0.25, 0.3) is 0 Å². The number of carbonyl (C=O) groups is 1. The van der Waals surface area contributed by atoms with Gasteiger partial charge in [-0.1, -0.05) is 43.0 Å². The normalized spacial score (nSPS) is 15.7. The first-order valence-corrected chi connectivity index (χ1v) is 9.14. The fraction of sp³-hybridized carbons (Fsp3) is 0.562. The van der Waals surface area contributed by atoms with Gasteiger partial charge in [-0.2, -0.15) is 11.8 Å². The minimum Gasteiger partial charge on any atom is -0.337 e. The van der Waals surface area contributed by atoms with Crippen LogP contribution >= 0.6 is 23.4 Å². The van der Waals surface area contributed by atoms with Crippen molar-refractivity contribution in [2.75, 3.05) is 12.3 Å². The molecule has 1 aromatic carbocycles. The molecule has 2 N–H and O–H groups in total. The molecule has 0 aromatic heterocycles. The van der Waals surface area contributed by atoms with E-state index in [9.17, 15) is 4.79 Å². The molecule has 5 heteroatoms. The summed E-state index contributed by atoms with van der Waals surface area (Å²) in [5.41, 5.74) is 1.26. The van der Waals surface area contributed by atoms with Gasteiger partial charge in [-0.05, 0) is 30.5 Å². The maximum Gasteiger partial charge on any atom is 0.315 e. The Morgan fingerprint density at radius 2 is 1.90 bits per heavy atom. The minimum atomic E-state index is -0.0195. The van der Waals surface area contributed by atoms with Crippen molar-refractivity contribution in [2.24, 2.45) is 0 Å². The molecule has 2 rings (SSSR count). The highest BCUT2D eigenvalue weighted by molar-refractivity contribution is 7.98. The van der Waals surface area contributed by atoms with E-state index in [-0.39, 0.29) is 6.03 Å². The van der Waals surface area contributed by atoms with Gasteiger partial charge >= 0.3 is 6.03 Å². The molecule has 0 saturated heterocycles. The monoisotopic (exact) mass is 326 g/mol. The molecular formula is C16H23ClN2OS. The molecule has 0 radical (unpaired) electrons. The van der Waals surface area contributed by atoms with Crippen molar-refractivity contribution in [3.05, 3.63) is 34.9 Å². The number of halogens is 1. The van der Waals surface area contributed by atoms with E-state index in [1.54, 1.807) is 0 Å². The van der Waals surface area contributed by atoms with E-state index in [1.165, 1.54) is 24.8 Å². The van der Waals surface area contributed by atoms with Crippen LogP contribution < -0.4 is 10.6 Å². The number of rotatable bonds is 6. The first-order chi connectivity index (χ1) is 10.2. The fourth-order valence-electron chi connectivity index (χ4n) is 2.49. The zero-order chi connectivity index (χ0) is 14.9. The molecule has 0 atom stereocenters. The fourth-order valence-corrected chi connectivity index (χ4v) is 3.44. The molecule has 2 amide bonds. The molecule has 0 spiro atoms. The van der Waals surface area contributed by atoms with Gasteiger partial charge in [0, 0.05) is 29.1 Å². The number of urea groups is 1. The molecule has 1 aliphatic carbocycles. The molecule has 1 aliphatic rings. The SMILES string of the molecule is O=C(NCCSCc1ccc(Cl)cc1)NC1CCCCC1. The Morgan fingerprint density at radius 1 is 1.19 bits per heavy atom. The van der Waals surface area contributed by atoms with Crippen LogP contribution in [0.1, 0.15) is 37.7 Å². The second kappa shape index (κ2) is 9.21. The number of thioether (sulfide) groups is 1. The van der Waals surface area contributed by atoms with Gasteiger partial charge in [0.05, 0.1) is 0 Å². The highest BCUT2D eigenvalue weighted by Gasteiger charge is 2.14. The van der Waals surface area contributed by atoms with Crippen molar-refractivity contribution in [3.63, 3.8) is 0 Å². The number of carbonyl (C=O) groups excluding carboxylic acids is 1. The van der Waals surface area contributed by atoms with Crippen molar-refractivity contribution < 1.29 is 4.79 Å². The van der Waals surface area contributed by atoms with E-state index in [4.69, 9.17) is 11.6 Å². The van der Waals surface area contributed by atoms with Crippen LogP contribution in [0.5, 0.6) is 0 Å². The molecular weight excluding hydrogens is 304 g/mol. The predicted octanol–water partition coefficient (Wildman–Crippen LogP) is 4.21. The Labute approximate surface area is 136 Å². The third kappa shape index (κ3) is 6.62. The highest BCUT2D eigenvalue weighted by atomic mass is 35.5. The summed E-state index contributed by atoms with van der Waals surface area (Å²) in [5, 5.41) is 6.76. The summed E-state index contributed by atoms with van der Waals surface area (Å²) in [7, 11) is 0. The molecule has 116 valence electrons. The van der Waals surface area contributed by atoms with Crippen LogP contribution in [0.3, 0.4) is 0 Å². The molecule has 1 fully saturated rings. The topological polar surface area (TPSA) is 41.1 Å². The Morgan fingerprint density at radius 3 is 2.62 bits per heavy atom. The number of amides is 2. The highest BCUT2D eigenvalue weighted by Crippen LogP contribution is 2.17. The molecule has 0 bridgehead atoms. The van der Waals surface area contributed by atoms with E-state index in [2.05, 4.69) is 10.6 Å². The van der Waals surface area contributed by atoms with Crippen molar-refractivity contribution >= 4 is 29.4 Å². The maximum atomic E-state index is 11.7. The zero-order valence-corrected chi connectivity index (χ0v) is 13.8. The van der Waals surface area contributed by atoms with Crippen molar-refractivity contribution in [2.45, 2.75) is 43.9 Å². The van der Waals surface area contributed by atoms with Gasteiger partial charge in [-0.3, -0.25) is 0 Å². The smallest absolute Gasteiger partial charge is 0.315 e. The minimum absolute atomic E-state index is 0.0195. The summed E-state index contributed by atoms with van der Waals surface area (Å²) in [6.07, 6.45) is 6.03. The Kier molecular flexibility index (Phi) is 7.24. The lowest BCUT2D eigenvalue weighted by atomic mass is 9.96. The van der Waals surface area contributed by atoms with Crippen LogP contribution in [0.15, 0.2) is 24.3 Å². The van der Waals surface area contributed by atoms with Gasteiger partial charge in [-0.25, -0.2) is 4.79 Å². The van der Waals surface area contributed by atoms with Crippen LogP contribution in [-0.2, 0) is 5.75 Å². The standard InChI is InChI=1S/C16H23ClN2OS/c17-14-8-6-13(7-9-14)12-21-11-10-18-16(20)19-15-4-2-1-3-5-15/h6-9,15H,1-5,10-12H2,(H2,18,19,20). The van der Waals surface area contributed by atoms with Gasteiger partial charge in [0.25, 0.3) is 0 Å². The summed E-state index contributed by atoms with van der Waals surface area (Å²) >= 11 is 7.66. The van der Waals surface area contributed by atoms with Crippen LogP contribution in [0.4, 0.5) is 4.79 Å². The average molecular weight is 327 g/mol. The molecule has 1 aromatic rings. The van der Waals surface area contributed by atoms with Crippen molar-refractivity contribution in [1.29, 1.82) is 0 Å². The zero-order valence-electron chi connectivity index (χ0n) is 12.2. The number of benzene rings is 1. The molecule has 0 unspecified atom stereocenters. The van der Waals surface area contributed by atoms with Gasteiger partial charge in [0.2, 0.25) is 0 Å². The molecule has 1 saturated carbocycles. The first-order valence-electron chi connectivity index (χ1n) is 7.60. The van der Waals surface area contributed by atoms with Gasteiger partial charge < -0.3 is 10.6 Å². The maximum absolute atomic E-state index is 11.7. The third-order valence-electron chi connectivity index (χ3n) is 3.65. The number of hydrogen-bond acceptors (Lipinski definition) is 2. The van der Waals surface area contributed by atoms with E-state index in [0.29, 0.717) is 12.6 Å². The van der Waals surface area contributed by atoms with Gasteiger partial charge in [0.15, 0.2) is 0 Å². The Balaban J connectivity index is 1.52. The summed E-state index contributed by atoms with van der Waals surface area (Å²) in [5.74, 6) is 1.86. The van der Waals surface area contributed by atoms with Gasteiger partial charge in [-0.15, -0.1) is 0 Å². The summed E-state index contributed by atoms with van der Waals surface area (Å²) < 4.78 is 0. The first kappa shape index (κ1) is 16.5. The van der Waals surface area contributed by atoms with E-state index >= 15 is 0 Å². The number of nitrogens with one attached hydrogen (secondary N) is 2. The third-order valence-corrected chi connectivity index (χ3v) is 4.94. The van der Waals surface area contributed by atoms with E-state index in [1.807, 2.05) is 36.0 Å². The van der Waals surface area contributed by atoms with E-state index in [0.717, 1.165) is 29.4 Å². The van der Waals surface area contributed by atoms with Crippen LogP contribution in [-0.4, -0.2) is 24.4 Å². The van der Waals surface area contributed by atoms with Gasteiger partial charge in [0.1, 0.15) is 0 Å². The lowest BCUT2D eigenvalue weighted by Gasteiger charge is -2.22. The number of hydrogen-bond donors (Lipinski definition) is 2. The summed E-state index contributed by atoms with van der Waals surface area (Å²) in [6.45, 7) is 0.705. The molecule has 3 nitrogen and oxygen atoms in total. The Hall–Kier alpha value is -0.870. The quantitative estimate of drug-likeness (QED) is 0.769. The van der Waals surface area contributed by atoms with Crippen molar-refractivity contribution in [1.82, 2.24) is 10.6 Å². The molecule has 0 heterocycles. The molecule has 21 heavy (non-hydrogen) atoms. The predicted molar refractivity (Wildman–Crippen MR) is 91.0 cm³/mol. The van der Waals surface area contributed by atoms with Crippen molar-refractivity contribution in [3.8, 4) is 0 Å². The summed E-state index contributed by atoms with van der Waals surface area (Å²) in [6, 6.07) is 8.26. The Bertz CT molecular complexity index is 432. The molecule has 0 aliphatic heterocycles. The lowest BCUT2D eigenvalue weighted by molar-refractivity contribution is 0.233. The van der Waals surface area contributed by atoms with Crippen LogP contribution in [0.2, 0.25) is 5.02 Å². The summed E-state index contributed by atoms with van der Waals surface area (Å²) in [4.78, 5) is 11.7. The lowest BCUT2D eigenvalue weighted by Crippen LogP contribution is -2.43. The average Bonchev–Trinajstić information content (AvgIpc) is 2.50. The second-order valence-electron chi connectivity index (χ2n) is 5.41. The van der Waals surface area contributed by atoms with E-state index < -0.39 is 0 Å².